The number of rotatable bonds is 5. The summed E-state index contributed by atoms with van der Waals surface area (Å²) in [6.45, 7) is 4.33. The van der Waals surface area contributed by atoms with Crippen molar-refractivity contribution in [2.24, 2.45) is 5.92 Å². The minimum Gasteiger partial charge on any atom is -0.454 e. The van der Waals surface area contributed by atoms with Crippen LogP contribution in [0.5, 0.6) is 11.5 Å². The van der Waals surface area contributed by atoms with E-state index < -0.39 is 0 Å². The summed E-state index contributed by atoms with van der Waals surface area (Å²) in [4.78, 5) is 19.6. The molecule has 0 saturated carbocycles. The zero-order chi connectivity index (χ0) is 21.2. The number of aromatic nitrogens is 2. The van der Waals surface area contributed by atoms with Gasteiger partial charge in [0, 0.05) is 23.9 Å². The van der Waals surface area contributed by atoms with Crippen LogP contribution < -0.4 is 14.8 Å². The molecule has 0 bridgehead atoms. The first-order valence-corrected chi connectivity index (χ1v) is 10.5. The van der Waals surface area contributed by atoms with Gasteiger partial charge in [-0.25, -0.2) is 0 Å². The van der Waals surface area contributed by atoms with E-state index in [4.69, 9.17) is 14.0 Å². The summed E-state index contributed by atoms with van der Waals surface area (Å²) in [6.07, 6.45) is 1.79. The second-order valence-corrected chi connectivity index (χ2v) is 7.96. The smallest absolute Gasteiger partial charge is 0.241 e. The Bertz CT molecular complexity index is 1100. The van der Waals surface area contributed by atoms with Gasteiger partial charge in [0.1, 0.15) is 0 Å². The molecule has 3 heterocycles. The van der Waals surface area contributed by atoms with Crippen LogP contribution in [-0.2, 0) is 11.3 Å². The molecule has 1 N–H and O–H groups in total. The molecule has 1 saturated heterocycles. The molecule has 1 aromatic heterocycles. The van der Waals surface area contributed by atoms with Crippen LogP contribution in [0.25, 0.3) is 11.4 Å². The van der Waals surface area contributed by atoms with Crippen molar-refractivity contribution in [1.29, 1.82) is 0 Å². The van der Waals surface area contributed by atoms with Gasteiger partial charge in [-0.3, -0.25) is 9.69 Å². The first kappa shape index (κ1) is 19.6. The zero-order valence-electron chi connectivity index (χ0n) is 17.3. The number of fused-ring (bicyclic) bond motifs is 1. The third kappa shape index (κ3) is 4.25. The summed E-state index contributed by atoms with van der Waals surface area (Å²) in [5.74, 6) is 2.43. The van der Waals surface area contributed by atoms with Gasteiger partial charge in [0.05, 0.1) is 12.5 Å². The highest BCUT2D eigenvalue weighted by Crippen LogP contribution is 2.34. The van der Waals surface area contributed by atoms with Crippen molar-refractivity contribution in [3.63, 3.8) is 0 Å². The number of amides is 1. The van der Waals surface area contributed by atoms with Gasteiger partial charge in [0.15, 0.2) is 11.5 Å². The van der Waals surface area contributed by atoms with Gasteiger partial charge in [-0.15, -0.1) is 0 Å². The topological polar surface area (TPSA) is 89.7 Å². The number of benzene rings is 2. The Labute approximate surface area is 180 Å². The number of hydrogen-bond acceptors (Lipinski definition) is 7. The van der Waals surface area contributed by atoms with Gasteiger partial charge in [0.2, 0.25) is 24.4 Å². The Hall–Kier alpha value is -3.39. The molecule has 0 spiro atoms. The van der Waals surface area contributed by atoms with E-state index in [1.54, 1.807) is 6.07 Å². The van der Waals surface area contributed by atoms with Crippen molar-refractivity contribution in [1.82, 2.24) is 15.0 Å². The minimum absolute atomic E-state index is 0.00898. The van der Waals surface area contributed by atoms with E-state index in [1.807, 2.05) is 43.3 Å². The lowest BCUT2D eigenvalue weighted by molar-refractivity contribution is -0.121. The molecule has 1 atom stereocenters. The number of likely N-dealkylation sites (tertiary alicyclic amines) is 1. The molecular formula is C23H24N4O4. The number of carbonyl (C=O) groups excluding carboxylic acids is 1. The molecule has 3 aromatic rings. The summed E-state index contributed by atoms with van der Waals surface area (Å²) in [6, 6.07) is 13.4. The number of nitrogens with zero attached hydrogens (tertiary/aromatic N) is 3. The second-order valence-electron chi connectivity index (χ2n) is 7.96. The van der Waals surface area contributed by atoms with Gasteiger partial charge >= 0.3 is 0 Å². The standard InChI is InChI=1S/C23H24N4O4/c1-15-5-2-3-7-18(15)22-25-21(31-26-22)13-27-10-4-6-16(12-27)23(28)24-17-8-9-19-20(11-17)30-14-29-19/h2-3,5,7-9,11,16H,4,6,10,12-14H2,1H3,(H,24,28). The first-order chi connectivity index (χ1) is 15.2. The number of nitrogens with one attached hydrogen (secondary N) is 1. The van der Waals surface area contributed by atoms with Crippen LogP contribution in [0.4, 0.5) is 5.69 Å². The van der Waals surface area contributed by atoms with Gasteiger partial charge in [-0.1, -0.05) is 29.4 Å². The maximum Gasteiger partial charge on any atom is 0.241 e. The van der Waals surface area contributed by atoms with Crippen LogP contribution in [0, 0.1) is 12.8 Å². The highest BCUT2D eigenvalue weighted by atomic mass is 16.7. The maximum atomic E-state index is 12.8. The van der Waals surface area contributed by atoms with E-state index >= 15 is 0 Å². The molecule has 1 amide bonds. The van der Waals surface area contributed by atoms with Crippen LogP contribution >= 0.6 is 0 Å². The van der Waals surface area contributed by atoms with Crippen LogP contribution in [0.2, 0.25) is 0 Å². The Morgan fingerprint density at radius 3 is 2.97 bits per heavy atom. The van der Waals surface area contributed by atoms with Gasteiger partial charge in [-0.05, 0) is 44.0 Å². The van der Waals surface area contributed by atoms with Crippen molar-refractivity contribution in [3.05, 3.63) is 53.9 Å². The third-order valence-electron chi connectivity index (χ3n) is 5.73. The lowest BCUT2D eigenvalue weighted by atomic mass is 9.97. The maximum absolute atomic E-state index is 12.8. The fourth-order valence-electron chi connectivity index (χ4n) is 4.08. The SMILES string of the molecule is Cc1ccccc1-c1noc(CN2CCCC(C(=O)Nc3ccc4c(c3)OCO4)C2)n1. The lowest BCUT2D eigenvalue weighted by Gasteiger charge is -2.30. The number of ether oxygens (including phenoxy) is 2. The number of anilines is 1. The predicted molar refractivity (Wildman–Crippen MR) is 114 cm³/mol. The molecule has 0 radical (unpaired) electrons. The number of piperidine rings is 1. The fourth-order valence-corrected chi connectivity index (χ4v) is 4.08. The van der Waals surface area contributed by atoms with Crippen LogP contribution in [0.1, 0.15) is 24.3 Å². The van der Waals surface area contributed by atoms with Crippen LogP contribution in [0.15, 0.2) is 47.0 Å². The van der Waals surface area contributed by atoms with E-state index in [0.717, 1.165) is 30.5 Å². The summed E-state index contributed by atoms with van der Waals surface area (Å²) < 4.78 is 16.2. The fraction of sp³-hybridized carbons (Fsp3) is 0.348. The average molecular weight is 420 g/mol. The molecule has 1 fully saturated rings. The van der Waals surface area contributed by atoms with E-state index in [2.05, 4.69) is 20.4 Å². The first-order valence-electron chi connectivity index (χ1n) is 10.5. The van der Waals surface area contributed by atoms with Crippen molar-refractivity contribution in [3.8, 4) is 22.9 Å². The summed E-state index contributed by atoms with van der Waals surface area (Å²) in [5.41, 5.74) is 2.79. The molecule has 8 heteroatoms. The van der Waals surface area contributed by atoms with Crippen LogP contribution in [-0.4, -0.2) is 40.8 Å². The van der Waals surface area contributed by atoms with Crippen molar-refractivity contribution in [2.45, 2.75) is 26.3 Å². The molecule has 31 heavy (non-hydrogen) atoms. The van der Waals surface area contributed by atoms with Crippen molar-refractivity contribution >= 4 is 11.6 Å². The molecular weight excluding hydrogens is 396 g/mol. The Kier molecular flexibility index (Phi) is 5.30. The highest BCUT2D eigenvalue weighted by molar-refractivity contribution is 5.93. The van der Waals surface area contributed by atoms with E-state index in [-0.39, 0.29) is 18.6 Å². The minimum atomic E-state index is -0.0991. The van der Waals surface area contributed by atoms with E-state index in [1.165, 1.54) is 0 Å². The Balaban J connectivity index is 1.21. The molecule has 2 aliphatic rings. The van der Waals surface area contributed by atoms with Gasteiger partial charge in [-0.2, -0.15) is 4.98 Å². The Morgan fingerprint density at radius 1 is 1.19 bits per heavy atom. The third-order valence-corrected chi connectivity index (χ3v) is 5.73. The lowest BCUT2D eigenvalue weighted by Crippen LogP contribution is -2.40. The highest BCUT2D eigenvalue weighted by Gasteiger charge is 2.27. The molecule has 1 unspecified atom stereocenters. The van der Waals surface area contributed by atoms with E-state index in [0.29, 0.717) is 42.0 Å². The van der Waals surface area contributed by atoms with Crippen molar-refractivity contribution in [2.75, 3.05) is 25.2 Å². The predicted octanol–water partition coefficient (Wildman–Crippen LogP) is 3.62. The molecule has 2 aromatic carbocycles. The van der Waals surface area contributed by atoms with E-state index in [9.17, 15) is 4.79 Å². The van der Waals surface area contributed by atoms with Crippen LogP contribution in [0.3, 0.4) is 0 Å². The van der Waals surface area contributed by atoms with Gasteiger partial charge in [0.25, 0.3) is 0 Å². The average Bonchev–Trinajstić information content (AvgIpc) is 3.43. The number of aryl methyl sites for hydroxylation is 1. The number of carbonyl (C=O) groups is 1. The second kappa shape index (κ2) is 8.39. The van der Waals surface area contributed by atoms with Crippen molar-refractivity contribution < 1.29 is 18.8 Å². The molecule has 160 valence electrons. The summed E-state index contributed by atoms with van der Waals surface area (Å²) in [5, 5.41) is 7.14. The summed E-state index contributed by atoms with van der Waals surface area (Å²) >= 11 is 0. The quantitative estimate of drug-likeness (QED) is 0.674. The number of hydrogen-bond donors (Lipinski definition) is 1. The largest absolute Gasteiger partial charge is 0.454 e. The Morgan fingerprint density at radius 2 is 2.06 bits per heavy atom. The molecule has 0 aliphatic carbocycles. The zero-order valence-corrected chi connectivity index (χ0v) is 17.3. The molecule has 5 rings (SSSR count). The molecule has 2 aliphatic heterocycles. The normalized spacial score (nSPS) is 18.2. The monoisotopic (exact) mass is 420 g/mol. The summed E-state index contributed by atoms with van der Waals surface area (Å²) in [7, 11) is 0. The molecule has 8 nitrogen and oxygen atoms in total. The van der Waals surface area contributed by atoms with Gasteiger partial charge < -0.3 is 19.3 Å².